The summed E-state index contributed by atoms with van der Waals surface area (Å²) in [6.07, 6.45) is 1.37. The first-order valence-electron chi connectivity index (χ1n) is 5.84. The summed E-state index contributed by atoms with van der Waals surface area (Å²) in [5.41, 5.74) is 6.96. The first-order chi connectivity index (χ1) is 8.67. The third kappa shape index (κ3) is 4.45. The Hall–Kier alpha value is -1.17. The summed E-state index contributed by atoms with van der Waals surface area (Å²) in [6.45, 7) is 0.137. The number of halogens is 1. The van der Waals surface area contributed by atoms with Gasteiger partial charge in [-0.2, -0.15) is 0 Å². The summed E-state index contributed by atoms with van der Waals surface area (Å²) in [5, 5.41) is 8.82. The average molecular weight is 292 g/mol. The van der Waals surface area contributed by atoms with Crippen LogP contribution < -0.4 is 19.9 Å². The first-order valence-corrected chi connectivity index (χ1v) is 5.84. The summed E-state index contributed by atoms with van der Waals surface area (Å²) in [7, 11) is 4.70. The number of methoxy groups -OCH3 is 3. The highest BCUT2D eigenvalue weighted by molar-refractivity contribution is 5.85. The molecular formula is C13H22ClNO4. The molecule has 19 heavy (non-hydrogen) atoms. The number of benzene rings is 1. The Bertz CT molecular complexity index is 362. The predicted octanol–water partition coefficient (Wildman–Crippen LogP) is 1.91. The Kier molecular flexibility index (Phi) is 8.30. The van der Waals surface area contributed by atoms with Crippen molar-refractivity contribution in [3.63, 3.8) is 0 Å². The molecule has 1 aromatic rings. The maximum Gasteiger partial charge on any atom is 0.203 e. The molecule has 3 N–H and O–H groups in total. The molecule has 0 saturated carbocycles. The van der Waals surface area contributed by atoms with Crippen LogP contribution in [0, 0.1) is 0 Å². The van der Waals surface area contributed by atoms with Gasteiger partial charge >= 0.3 is 0 Å². The number of ether oxygens (including phenoxy) is 3. The van der Waals surface area contributed by atoms with Crippen molar-refractivity contribution in [1.29, 1.82) is 0 Å². The molecule has 0 heterocycles. The van der Waals surface area contributed by atoms with Crippen molar-refractivity contribution in [2.45, 2.75) is 18.9 Å². The van der Waals surface area contributed by atoms with E-state index >= 15 is 0 Å². The van der Waals surface area contributed by atoms with Crippen LogP contribution in [0.2, 0.25) is 0 Å². The topological polar surface area (TPSA) is 73.9 Å². The van der Waals surface area contributed by atoms with Crippen LogP contribution in [0.5, 0.6) is 17.2 Å². The Morgan fingerprint density at radius 3 is 2.00 bits per heavy atom. The Morgan fingerprint density at radius 1 is 1.11 bits per heavy atom. The summed E-state index contributed by atoms with van der Waals surface area (Å²) in [4.78, 5) is 0. The average Bonchev–Trinajstić information content (AvgIpc) is 2.42. The fraction of sp³-hybridized carbons (Fsp3) is 0.538. The van der Waals surface area contributed by atoms with Crippen LogP contribution in [-0.2, 0) is 0 Å². The molecule has 6 heteroatoms. The molecule has 5 nitrogen and oxygen atoms in total. The molecule has 1 atom stereocenters. The van der Waals surface area contributed by atoms with E-state index in [1.165, 1.54) is 0 Å². The zero-order chi connectivity index (χ0) is 13.5. The fourth-order valence-electron chi connectivity index (χ4n) is 1.79. The maximum atomic E-state index is 8.82. The van der Waals surface area contributed by atoms with E-state index in [9.17, 15) is 0 Å². The highest BCUT2D eigenvalue weighted by Gasteiger charge is 2.16. The van der Waals surface area contributed by atoms with E-state index in [2.05, 4.69) is 0 Å². The lowest BCUT2D eigenvalue weighted by molar-refractivity contribution is 0.279. The zero-order valence-corrected chi connectivity index (χ0v) is 12.3. The molecule has 110 valence electrons. The van der Waals surface area contributed by atoms with Gasteiger partial charge in [-0.25, -0.2) is 0 Å². The molecule has 0 bridgehead atoms. The minimum atomic E-state index is -0.161. The molecule has 1 rings (SSSR count). The van der Waals surface area contributed by atoms with Gasteiger partial charge in [-0.1, -0.05) is 0 Å². The summed E-state index contributed by atoms with van der Waals surface area (Å²) >= 11 is 0. The van der Waals surface area contributed by atoms with Crippen LogP contribution in [0.4, 0.5) is 0 Å². The molecule has 0 amide bonds. The second-order valence-electron chi connectivity index (χ2n) is 3.93. The van der Waals surface area contributed by atoms with Crippen molar-refractivity contribution in [1.82, 2.24) is 0 Å². The van der Waals surface area contributed by atoms with Gasteiger partial charge in [0.15, 0.2) is 11.5 Å². The molecule has 0 aliphatic rings. The second-order valence-corrected chi connectivity index (χ2v) is 3.93. The van der Waals surface area contributed by atoms with E-state index in [0.717, 1.165) is 5.56 Å². The summed E-state index contributed by atoms with van der Waals surface area (Å²) in [6, 6.07) is 3.51. The van der Waals surface area contributed by atoms with Gasteiger partial charge in [0.05, 0.1) is 21.3 Å². The lowest BCUT2D eigenvalue weighted by Gasteiger charge is -2.17. The number of hydrogen-bond donors (Lipinski definition) is 2. The van der Waals surface area contributed by atoms with Crippen LogP contribution in [0.25, 0.3) is 0 Å². The molecule has 0 aromatic heterocycles. The van der Waals surface area contributed by atoms with Gasteiger partial charge in [-0.05, 0) is 30.5 Å². The number of rotatable bonds is 7. The van der Waals surface area contributed by atoms with Gasteiger partial charge in [0.2, 0.25) is 5.75 Å². The van der Waals surface area contributed by atoms with Crippen molar-refractivity contribution < 1.29 is 19.3 Å². The molecule has 1 aromatic carbocycles. The zero-order valence-electron chi connectivity index (χ0n) is 11.5. The molecule has 0 spiro atoms. The quantitative estimate of drug-likeness (QED) is 0.803. The van der Waals surface area contributed by atoms with E-state index in [4.69, 9.17) is 25.1 Å². The van der Waals surface area contributed by atoms with Crippen molar-refractivity contribution >= 4 is 12.4 Å². The van der Waals surface area contributed by atoms with Gasteiger partial charge in [0, 0.05) is 12.6 Å². The minimum absolute atomic E-state index is 0. The molecular weight excluding hydrogens is 270 g/mol. The number of nitrogens with two attached hydrogens (primary N) is 1. The SMILES string of the molecule is COc1cc([C@@H](N)CCCO)cc(OC)c1OC.Cl. The van der Waals surface area contributed by atoms with E-state index < -0.39 is 0 Å². The van der Waals surface area contributed by atoms with Crippen LogP contribution in [0.1, 0.15) is 24.4 Å². The smallest absolute Gasteiger partial charge is 0.203 e. The van der Waals surface area contributed by atoms with Gasteiger partial charge in [0.1, 0.15) is 0 Å². The third-order valence-corrected chi connectivity index (χ3v) is 2.79. The minimum Gasteiger partial charge on any atom is -0.493 e. The molecule has 0 aliphatic heterocycles. The highest BCUT2D eigenvalue weighted by Crippen LogP contribution is 2.39. The lowest BCUT2D eigenvalue weighted by Crippen LogP contribution is -2.11. The second kappa shape index (κ2) is 8.85. The highest BCUT2D eigenvalue weighted by atomic mass is 35.5. The van der Waals surface area contributed by atoms with Crippen LogP contribution in [0.15, 0.2) is 12.1 Å². The molecule has 0 saturated heterocycles. The van der Waals surface area contributed by atoms with Crippen LogP contribution in [-0.4, -0.2) is 33.0 Å². The first kappa shape index (κ1) is 17.8. The van der Waals surface area contributed by atoms with E-state index in [-0.39, 0.29) is 25.1 Å². The maximum absolute atomic E-state index is 8.82. The fourth-order valence-corrected chi connectivity index (χ4v) is 1.79. The Morgan fingerprint density at radius 2 is 1.63 bits per heavy atom. The van der Waals surface area contributed by atoms with Crippen molar-refractivity contribution in [2.75, 3.05) is 27.9 Å². The largest absolute Gasteiger partial charge is 0.493 e. The summed E-state index contributed by atoms with van der Waals surface area (Å²) < 4.78 is 15.8. The van der Waals surface area contributed by atoms with Gasteiger partial charge in [-0.15, -0.1) is 12.4 Å². The third-order valence-electron chi connectivity index (χ3n) is 2.79. The van der Waals surface area contributed by atoms with Crippen LogP contribution in [0.3, 0.4) is 0 Å². The molecule has 0 unspecified atom stereocenters. The van der Waals surface area contributed by atoms with Gasteiger partial charge in [-0.3, -0.25) is 0 Å². The standard InChI is InChI=1S/C13H21NO4.ClH/c1-16-11-7-9(10(14)5-4-6-15)8-12(17-2)13(11)18-3;/h7-8,10,15H,4-6,14H2,1-3H3;1H/t10-;/m0./s1. The lowest BCUT2D eigenvalue weighted by atomic mass is 10.0. The van der Waals surface area contributed by atoms with Gasteiger partial charge in [0.25, 0.3) is 0 Å². The monoisotopic (exact) mass is 291 g/mol. The van der Waals surface area contributed by atoms with Crippen molar-refractivity contribution in [2.24, 2.45) is 5.73 Å². The summed E-state index contributed by atoms with van der Waals surface area (Å²) in [5.74, 6) is 1.73. The Balaban J connectivity index is 0.00000324. The number of aliphatic hydroxyl groups is 1. The normalized spacial score (nSPS) is 11.4. The van der Waals surface area contributed by atoms with Crippen molar-refractivity contribution in [3.8, 4) is 17.2 Å². The molecule has 0 radical (unpaired) electrons. The molecule has 0 fully saturated rings. The Labute approximate surface area is 120 Å². The number of hydrogen-bond acceptors (Lipinski definition) is 5. The van der Waals surface area contributed by atoms with Crippen LogP contribution >= 0.6 is 12.4 Å². The van der Waals surface area contributed by atoms with Crippen molar-refractivity contribution in [3.05, 3.63) is 17.7 Å². The van der Waals surface area contributed by atoms with Gasteiger partial charge < -0.3 is 25.1 Å². The molecule has 0 aliphatic carbocycles. The number of aliphatic hydroxyl groups excluding tert-OH is 1. The van der Waals surface area contributed by atoms with E-state index in [1.54, 1.807) is 21.3 Å². The van der Waals surface area contributed by atoms with E-state index in [0.29, 0.717) is 30.1 Å². The predicted molar refractivity (Wildman–Crippen MR) is 76.6 cm³/mol. The van der Waals surface area contributed by atoms with E-state index in [1.807, 2.05) is 12.1 Å².